The summed E-state index contributed by atoms with van der Waals surface area (Å²) in [6.45, 7) is 4.08. The summed E-state index contributed by atoms with van der Waals surface area (Å²) in [5, 5.41) is 3.65. The van der Waals surface area contributed by atoms with Crippen LogP contribution in [-0.4, -0.2) is 25.3 Å². The van der Waals surface area contributed by atoms with Crippen LogP contribution in [-0.2, 0) is 4.74 Å². The highest BCUT2D eigenvalue weighted by atomic mass is 16.5. The lowest BCUT2D eigenvalue weighted by atomic mass is 9.75. The van der Waals surface area contributed by atoms with Crippen molar-refractivity contribution < 1.29 is 4.74 Å². The van der Waals surface area contributed by atoms with Crippen molar-refractivity contribution >= 4 is 0 Å². The number of nitrogens with one attached hydrogen (secondary N) is 1. The van der Waals surface area contributed by atoms with E-state index in [1.54, 1.807) is 0 Å². The molecule has 2 aliphatic rings. The van der Waals surface area contributed by atoms with Gasteiger partial charge < -0.3 is 10.1 Å². The number of ether oxygens (including phenoxy) is 1. The normalized spacial score (nSPS) is 26.5. The molecule has 0 unspecified atom stereocenters. The molecule has 0 amide bonds. The van der Waals surface area contributed by atoms with Gasteiger partial charge in [0.15, 0.2) is 0 Å². The molecule has 0 atom stereocenters. The maximum absolute atomic E-state index is 5.97. The smallest absolute Gasteiger partial charge is 0.0594 e. The fourth-order valence-electron chi connectivity index (χ4n) is 3.70. The van der Waals surface area contributed by atoms with Crippen LogP contribution in [0.1, 0.15) is 62.0 Å². The standard InChI is InChI=1S/C19H29NO/c1-15-6-5-7-16(12-15)17-13-18(14-17)20-10-11-21-19-8-3-2-4-9-19/h5-7,12,17-20H,2-4,8-11,13-14H2,1H3. The Morgan fingerprint density at radius 2 is 1.95 bits per heavy atom. The third-order valence-electron chi connectivity index (χ3n) is 5.09. The van der Waals surface area contributed by atoms with E-state index in [1.807, 2.05) is 0 Å². The number of aryl methyl sites for hydroxylation is 1. The molecular weight excluding hydrogens is 258 g/mol. The summed E-state index contributed by atoms with van der Waals surface area (Å²) in [4.78, 5) is 0. The third kappa shape index (κ3) is 4.31. The molecule has 2 fully saturated rings. The van der Waals surface area contributed by atoms with E-state index >= 15 is 0 Å². The van der Waals surface area contributed by atoms with E-state index < -0.39 is 0 Å². The molecule has 0 saturated heterocycles. The monoisotopic (exact) mass is 287 g/mol. The first kappa shape index (κ1) is 15.1. The SMILES string of the molecule is Cc1cccc(C2CC(NCCOC3CCCCC3)C2)c1. The first-order valence-electron chi connectivity index (χ1n) is 8.73. The van der Waals surface area contributed by atoms with Crippen molar-refractivity contribution in [1.29, 1.82) is 0 Å². The lowest BCUT2D eigenvalue weighted by Gasteiger charge is -2.36. The van der Waals surface area contributed by atoms with Gasteiger partial charge in [0.1, 0.15) is 0 Å². The van der Waals surface area contributed by atoms with Gasteiger partial charge in [0.25, 0.3) is 0 Å². The maximum atomic E-state index is 5.97. The van der Waals surface area contributed by atoms with Crippen molar-refractivity contribution in [2.45, 2.75) is 69.9 Å². The minimum atomic E-state index is 0.544. The summed E-state index contributed by atoms with van der Waals surface area (Å²) in [5.41, 5.74) is 2.90. The Bertz CT molecular complexity index is 433. The van der Waals surface area contributed by atoms with Gasteiger partial charge in [-0.1, -0.05) is 49.1 Å². The largest absolute Gasteiger partial charge is 0.377 e. The van der Waals surface area contributed by atoms with Gasteiger partial charge in [0, 0.05) is 12.6 Å². The van der Waals surface area contributed by atoms with Crippen LogP contribution in [0.5, 0.6) is 0 Å². The highest BCUT2D eigenvalue weighted by molar-refractivity contribution is 5.27. The van der Waals surface area contributed by atoms with E-state index in [1.165, 1.54) is 56.1 Å². The number of rotatable bonds is 6. The van der Waals surface area contributed by atoms with Crippen LogP contribution in [0.2, 0.25) is 0 Å². The van der Waals surface area contributed by atoms with E-state index in [0.717, 1.165) is 19.1 Å². The minimum absolute atomic E-state index is 0.544. The molecule has 1 N–H and O–H groups in total. The van der Waals surface area contributed by atoms with Crippen molar-refractivity contribution in [2.75, 3.05) is 13.2 Å². The predicted octanol–water partition coefficient (Wildman–Crippen LogP) is 4.18. The van der Waals surface area contributed by atoms with Gasteiger partial charge in [-0.05, 0) is 44.1 Å². The molecule has 21 heavy (non-hydrogen) atoms. The molecule has 2 heteroatoms. The molecule has 0 spiro atoms. The van der Waals surface area contributed by atoms with Crippen molar-refractivity contribution in [1.82, 2.24) is 5.32 Å². The van der Waals surface area contributed by atoms with Crippen LogP contribution < -0.4 is 5.32 Å². The van der Waals surface area contributed by atoms with E-state index in [2.05, 4.69) is 36.5 Å². The quantitative estimate of drug-likeness (QED) is 0.793. The highest BCUT2D eigenvalue weighted by Gasteiger charge is 2.29. The summed E-state index contributed by atoms with van der Waals surface area (Å²) in [7, 11) is 0. The molecule has 2 saturated carbocycles. The number of hydrogen-bond acceptors (Lipinski definition) is 2. The molecule has 0 aliphatic heterocycles. The zero-order chi connectivity index (χ0) is 14.5. The Kier molecular flexibility index (Phi) is 5.32. The van der Waals surface area contributed by atoms with Crippen molar-refractivity contribution in [3.8, 4) is 0 Å². The summed E-state index contributed by atoms with van der Waals surface area (Å²) in [5.74, 6) is 0.765. The number of hydrogen-bond donors (Lipinski definition) is 1. The van der Waals surface area contributed by atoms with Gasteiger partial charge in [-0.3, -0.25) is 0 Å². The molecule has 2 nitrogen and oxygen atoms in total. The van der Waals surface area contributed by atoms with Gasteiger partial charge in [-0.2, -0.15) is 0 Å². The Morgan fingerprint density at radius 1 is 1.14 bits per heavy atom. The topological polar surface area (TPSA) is 21.3 Å². The molecule has 2 aliphatic carbocycles. The molecule has 0 bridgehead atoms. The number of benzene rings is 1. The van der Waals surface area contributed by atoms with Crippen LogP contribution in [0, 0.1) is 6.92 Å². The Balaban J connectivity index is 1.28. The van der Waals surface area contributed by atoms with Crippen LogP contribution in [0.4, 0.5) is 0 Å². The lowest BCUT2D eigenvalue weighted by molar-refractivity contribution is 0.0280. The van der Waals surface area contributed by atoms with Crippen LogP contribution in [0.15, 0.2) is 24.3 Å². The van der Waals surface area contributed by atoms with Crippen LogP contribution in [0.25, 0.3) is 0 Å². The minimum Gasteiger partial charge on any atom is -0.377 e. The van der Waals surface area contributed by atoms with Crippen LogP contribution in [0.3, 0.4) is 0 Å². The van der Waals surface area contributed by atoms with Crippen molar-refractivity contribution in [2.24, 2.45) is 0 Å². The molecule has 116 valence electrons. The fourth-order valence-corrected chi connectivity index (χ4v) is 3.70. The summed E-state index contributed by atoms with van der Waals surface area (Å²) in [6, 6.07) is 9.68. The van der Waals surface area contributed by atoms with Crippen LogP contribution >= 0.6 is 0 Å². The van der Waals surface area contributed by atoms with Crippen molar-refractivity contribution in [3.63, 3.8) is 0 Å². The van der Waals surface area contributed by atoms with E-state index in [0.29, 0.717) is 12.1 Å². The average molecular weight is 287 g/mol. The van der Waals surface area contributed by atoms with Gasteiger partial charge in [0.2, 0.25) is 0 Å². The lowest BCUT2D eigenvalue weighted by Crippen LogP contribution is -2.41. The second kappa shape index (κ2) is 7.42. The van der Waals surface area contributed by atoms with Gasteiger partial charge >= 0.3 is 0 Å². The molecule has 0 aromatic heterocycles. The summed E-state index contributed by atoms with van der Waals surface area (Å²) < 4.78 is 5.97. The van der Waals surface area contributed by atoms with Gasteiger partial charge in [-0.25, -0.2) is 0 Å². The molecule has 3 rings (SSSR count). The highest BCUT2D eigenvalue weighted by Crippen LogP contribution is 2.36. The molecule has 0 heterocycles. The molecule has 1 aromatic rings. The second-order valence-electron chi connectivity index (χ2n) is 6.86. The zero-order valence-corrected chi connectivity index (χ0v) is 13.3. The molecule has 0 radical (unpaired) electrons. The molecule has 1 aromatic carbocycles. The Labute approximate surface area is 129 Å². The van der Waals surface area contributed by atoms with Gasteiger partial charge in [-0.15, -0.1) is 0 Å². The average Bonchev–Trinajstić information content (AvgIpc) is 2.46. The first-order valence-corrected chi connectivity index (χ1v) is 8.73. The predicted molar refractivity (Wildman–Crippen MR) is 87.8 cm³/mol. The van der Waals surface area contributed by atoms with Gasteiger partial charge in [0.05, 0.1) is 12.7 Å². The Hall–Kier alpha value is -0.860. The summed E-state index contributed by atoms with van der Waals surface area (Å²) >= 11 is 0. The Morgan fingerprint density at radius 3 is 2.71 bits per heavy atom. The van der Waals surface area contributed by atoms with E-state index in [4.69, 9.17) is 4.74 Å². The molecular formula is C19H29NO. The zero-order valence-electron chi connectivity index (χ0n) is 13.3. The third-order valence-corrected chi connectivity index (χ3v) is 5.09. The fraction of sp³-hybridized carbons (Fsp3) is 0.684. The first-order chi connectivity index (χ1) is 10.3. The van der Waals surface area contributed by atoms with E-state index in [-0.39, 0.29) is 0 Å². The maximum Gasteiger partial charge on any atom is 0.0594 e. The van der Waals surface area contributed by atoms with E-state index in [9.17, 15) is 0 Å². The summed E-state index contributed by atoms with van der Waals surface area (Å²) in [6.07, 6.45) is 9.79. The van der Waals surface area contributed by atoms with Crippen molar-refractivity contribution in [3.05, 3.63) is 35.4 Å². The second-order valence-corrected chi connectivity index (χ2v) is 6.86.